The summed E-state index contributed by atoms with van der Waals surface area (Å²) >= 11 is 3.55. The number of pyridine rings is 2. The van der Waals surface area contributed by atoms with Gasteiger partial charge in [-0.15, -0.1) is 0 Å². The predicted molar refractivity (Wildman–Crippen MR) is 298 cm³/mol. The van der Waals surface area contributed by atoms with Crippen molar-refractivity contribution < 1.29 is 45.4 Å². The molecule has 0 atom stereocenters. The van der Waals surface area contributed by atoms with Crippen LogP contribution in [0.25, 0.3) is 46.1 Å². The minimum absolute atomic E-state index is 0.557. The number of hydrogen-bond acceptors (Lipinski definition) is 4. The van der Waals surface area contributed by atoms with Gasteiger partial charge in [-0.3, -0.25) is 4.98 Å². The van der Waals surface area contributed by atoms with E-state index in [9.17, 15) is 0 Å². The first-order valence-electron chi connectivity index (χ1n) is 24.0. The first-order chi connectivity index (χ1) is 35.4. The monoisotopic (exact) mass is 1310 g/mol. The molecule has 9 rings (SSSR count). The number of ether oxygens (including phenoxy) is 2. The summed E-state index contributed by atoms with van der Waals surface area (Å²) in [5.41, 5.74) is 14.2. The molecule has 72 heavy (non-hydrogen) atoms. The van der Waals surface area contributed by atoms with Gasteiger partial charge in [0.05, 0.1) is 11.0 Å². The number of rotatable bonds is 13. The summed E-state index contributed by atoms with van der Waals surface area (Å²) in [4.78, 5) is 9.57. The van der Waals surface area contributed by atoms with Gasteiger partial charge in [-0.05, 0) is 18.6 Å². The van der Waals surface area contributed by atoms with Crippen LogP contribution in [0.15, 0.2) is 245 Å². The average molecular weight is 1310 g/mol. The van der Waals surface area contributed by atoms with Crippen LogP contribution in [-0.4, -0.2) is 36.4 Å². The van der Waals surface area contributed by atoms with Gasteiger partial charge >= 0.3 is 377 Å². The van der Waals surface area contributed by atoms with Gasteiger partial charge in [-0.25, -0.2) is 0 Å². The number of nitrogens with zero attached hydrogens (tertiary/aromatic N) is 2. The molecule has 4 heterocycles. The molecular weight excluding hydrogens is 1250 g/mol. The van der Waals surface area contributed by atoms with E-state index in [1.165, 1.54) is 32.4 Å². The molecule has 356 valence electrons. The zero-order valence-electron chi connectivity index (χ0n) is 40.6. The Kier molecular flexibility index (Phi) is 17.0. The summed E-state index contributed by atoms with van der Waals surface area (Å²) < 4.78 is 19.3. The summed E-state index contributed by atoms with van der Waals surface area (Å²) in [6, 6.07) is 50.4. The first-order valence-corrected chi connectivity index (χ1v) is 28.3. The Bertz CT molecular complexity index is 3450. The molecule has 2 saturated heterocycles. The molecule has 0 unspecified atom stereocenters. The molecular formula is C65H54N2O2Os2P+. The minimum atomic E-state index is -2.44. The van der Waals surface area contributed by atoms with E-state index >= 15 is 0 Å². The molecule has 0 amide bonds. The van der Waals surface area contributed by atoms with E-state index in [0.29, 0.717) is 26.4 Å². The maximum atomic E-state index is 6.03. The van der Waals surface area contributed by atoms with Gasteiger partial charge in [0.1, 0.15) is 0 Å². The fourth-order valence-electron chi connectivity index (χ4n) is 9.17. The Labute approximate surface area is 444 Å². The van der Waals surface area contributed by atoms with Crippen LogP contribution in [0.5, 0.6) is 0 Å². The second-order valence-corrected chi connectivity index (χ2v) is 22.1. The normalized spacial score (nSPS) is 17.4. The summed E-state index contributed by atoms with van der Waals surface area (Å²) in [6.45, 7) is 8.54. The van der Waals surface area contributed by atoms with Gasteiger partial charge in [-0.1, -0.05) is 24.3 Å². The van der Waals surface area contributed by atoms with Crippen molar-refractivity contribution >= 4 is 69.3 Å². The number of benzene rings is 5. The van der Waals surface area contributed by atoms with E-state index in [-0.39, 0.29) is 0 Å². The van der Waals surface area contributed by atoms with Crippen LogP contribution in [0.1, 0.15) is 43.0 Å². The third kappa shape index (κ3) is 11.4. The maximum absolute atomic E-state index is 6.03. The molecule has 2 aliphatic rings. The molecule has 5 aromatic carbocycles. The molecule has 0 radical (unpaired) electrons. The van der Waals surface area contributed by atoms with Crippen molar-refractivity contribution in [1.29, 1.82) is 0 Å². The average Bonchev–Trinajstić information content (AvgIpc) is 4.09. The van der Waals surface area contributed by atoms with Gasteiger partial charge in [0.25, 0.3) is 0 Å². The van der Waals surface area contributed by atoms with E-state index in [2.05, 4.69) is 229 Å². The molecule has 2 aliphatic heterocycles. The molecule has 0 spiro atoms. The van der Waals surface area contributed by atoms with Crippen LogP contribution in [0.3, 0.4) is 0 Å². The quantitative estimate of drug-likeness (QED) is 0.0656. The van der Waals surface area contributed by atoms with E-state index in [0.717, 1.165) is 71.9 Å². The summed E-state index contributed by atoms with van der Waals surface area (Å²) in [5.74, 6) is 0. The van der Waals surface area contributed by atoms with E-state index in [1.807, 2.05) is 43.3 Å². The fourth-order valence-corrected chi connectivity index (χ4v) is 15.4. The molecule has 2 aromatic heterocycles. The van der Waals surface area contributed by atoms with Crippen LogP contribution >= 0.6 is 7.26 Å². The topological polar surface area (TPSA) is 44.2 Å². The molecule has 0 aliphatic carbocycles. The number of hydrogen-bond donors (Lipinski definition) is 0. The van der Waals surface area contributed by atoms with E-state index < -0.39 is 7.26 Å². The van der Waals surface area contributed by atoms with Crippen molar-refractivity contribution in [3.8, 4) is 8.74 Å². The zero-order chi connectivity index (χ0) is 49.7. The van der Waals surface area contributed by atoms with Crippen LogP contribution in [-0.2, 0) is 45.4 Å². The van der Waals surface area contributed by atoms with Gasteiger partial charge < -0.3 is 0 Å². The Morgan fingerprint density at radius 3 is 1.50 bits per heavy atom. The number of aromatic nitrogens is 2. The zero-order valence-corrected chi connectivity index (χ0v) is 46.5. The van der Waals surface area contributed by atoms with Crippen molar-refractivity contribution in [3.05, 3.63) is 267 Å². The molecule has 0 N–H and O–H groups in total. The molecule has 0 bridgehead atoms. The third-order valence-electron chi connectivity index (χ3n) is 12.9. The van der Waals surface area contributed by atoms with Crippen molar-refractivity contribution in [2.45, 2.75) is 20.8 Å². The molecule has 7 aromatic rings. The van der Waals surface area contributed by atoms with E-state index in [4.69, 9.17) is 19.4 Å². The van der Waals surface area contributed by atoms with Crippen molar-refractivity contribution in [2.75, 3.05) is 26.4 Å². The standard InChI is InChI=1S/C65H54N2O2P.2Os/c1-6-18-51-37-56-35-36-57-38-52(42-67-65(57)64(56)66-41-51)19-17-20-58-44-69-46-60(58)39-54(47(3)4)33-31-49-27-29-50(30-28-49)32-34-55(40-59-45-68-43-53(59)7-2)48(5)70(61-21-11-8-12-22-61,62-23-13-9-14-24-62)63-25-15-10-16-26-63;;/h6-42H,43-46H2,1-3H3;;/q+1;;/b18-6+,19-17+,33-31+,34-32+,53-7?,54-47?,55-48?,58-20?,59-40?,60-39?;;. The summed E-state index contributed by atoms with van der Waals surface area (Å²) in [6.07, 6.45) is 29.9. The Morgan fingerprint density at radius 2 is 1.00 bits per heavy atom. The van der Waals surface area contributed by atoms with Crippen molar-refractivity contribution in [2.24, 2.45) is 0 Å². The second-order valence-electron chi connectivity index (χ2n) is 17.5. The Balaban J connectivity index is 0.995. The first kappa shape index (κ1) is 50.4. The number of allylic oxidation sites excluding steroid dienone is 12. The van der Waals surface area contributed by atoms with Crippen molar-refractivity contribution in [3.63, 3.8) is 0 Å². The van der Waals surface area contributed by atoms with Crippen LogP contribution in [0.4, 0.5) is 0 Å². The SMILES string of the molecule is CC=C1COCC1=CC(/C=C/c1ccc(/C=C/C(C=C2COCC2=C/C=C/c2cnc3c(ccc4cc(/C=C/C)cnc43)c2)=C(C)[C]#[Os])cc1)=C([C]#[Os])[P+](c1ccccc1)(c1ccccc1)c1ccccc1. The van der Waals surface area contributed by atoms with Crippen molar-refractivity contribution in [1.82, 2.24) is 9.97 Å². The molecule has 7 heteroatoms. The third-order valence-corrected chi connectivity index (χ3v) is 19.2. The molecule has 0 saturated carbocycles. The summed E-state index contributed by atoms with van der Waals surface area (Å²) in [5, 5.41) is 7.20. The van der Waals surface area contributed by atoms with Gasteiger partial charge in [-0.2, -0.15) is 0 Å². The number of fused-ring (bicyclic) bond motifs is 3. The van der Waals surface area contributed by atoms with Crippen LogP contribution < -0.4 is 15.9 Å². The van der Waals surface area contributed by atoms with Gasteiger partial charge in [0.2, 0.25) is 0 Å². The van der Waals surface area contributed by atoms with Crippen LogP contribution in [0, 0.1) is 8.74 Å². The van der Waals surface area contributed by atoms with Gasteiger partial charge in [0.15, 0.2) is 0 Å². The Hall–Kier alpha value is -6.50. The molecule has 2 fully saturated rings. The Morgan fingerprint density at radius 1 is 0.528 bits per heavy atom. The fraction of sp³-hybridized carbons (Fsp3) is 0.108. The molecule has 4 nitrogen and oxygen atoms in total. The second kappa shape index (κ2) is 24.3. The summed E-state index contributed by atoms with van der Waals surface area (Å²) in [7, 11) is -2.44. The van der Waals surface area contributed by atoms with E-state index in [1.54, 1.807) is 17.9 Å². The predicted octanol–water partition coefficient (Wildman–Crippen LogP) is 13.9. The van der Waals surface area contributed by atoms with Gasteiger partial charge in [0, 0.05) is 11.6 Å². The van der Waals surface area contributed by atoms with Crippen LogP contribution in [0.2, 0.25) is 0 Å².